The van der Waals surface area contributed by atoms with Crippen LogP contribution in [-0.4, -0.2) is 19.6 Å². The van der Waals surface area contributed by atoms with Crippen LogP contribution in [0.3, 0.4) is 0 Å². The normalized spacial score (nSPS) is 12.3. The Morgan fingerprint density at radius 2 is 1.88 bits per heavy atom. The van der Waals surface area contributed by atoms with Gasteiger partial charge < -0.3 is 0 Å². The average Bonchev–Trinajstić information content (AvgIpc) is 2.97. The molecule has 0 bridgehead atoms. The molecular formula is C19H22Cl2N4O. The fraction of sp³-hybridized carbons (Fsp3) is 0.421. The van der Waals surface area contributed by atoms with Crippen molar-refractivity contribution in [3.05, 3.63) is 56.1 Å². The second-order valence-electron chi connectivity index (χ2n) is 7.73. The molecule has 0 atom stereocenters. The van der Waals surface area contributed by atoms with E-state index in [1.807, 2.05) is 26.8 Å². The highest BCUT2D eigenvalue weighted by molar-refractivity contribution is 6.35. The highest BCUT2D eigenvalue weighted by atomic mass is 35.5. The number of halogens is 2. The average molecular weight is 393 g/mol. The summed E-state index contributed by atoms with van der Waals surface area (Å²) in [5, 5.41) is 11.0. The van der Waals surface area contributed by atoms with Crippen LogP contribution in [0.25, 0.3) is 10.9 Å². The fourth-order valence-electron chi connectivity index (χ4n) is 2.95. The molecule has 3 aromatic rings. The summed E-state index contributed by atoms with van der Waals surface area (Å²) in [6.45, 7) is 10.5. The summed E-state index contributed by atoms with van der Waals surface area (Å²) in [6.07, 6.45) is 1.74. The van der Waals surface area contributed by atoms with Crippen LogP contribution in [0.1, 0.15) is 51.8 Å². The van der Waals surface area contributed by atoms with E-state index in [1.54, 1.807) is 23.0 Å². The maximum absolute atomic E-state index is 13.2. The van der Waals surface area contributed by atoms with Gasteiger partial charge in [0.05, 0.1) is 24.0 Å². The summed E-state index contributed by atoms with van der Waals surface area (Å²) in [6, 6.07) is 5.25. The smallest absolute Gasteiger partial charge is 0.265 e. The number of hydrogen-bond acceptors (Lipinski definition) is 3. The predicted octanol–water partition coefficient (Wildman–Crippen LogP) is 4.83. The van der Waals surface area contributed by atoms with Gasteiger partial charge in [0.25, 0.3) is 5.56 Å². The molecule has 1 aromatic carbocycles. The Balaban J connectivity index is 2.25. The van der Waals surface area contributed by atoms with Crippen LogP contribution >= 0.6 is 23.2 Å². The molecular weight excluding hydrogens is 371 g/mol. The van der Waals surface area contributed by atoms with Crippen LogP contribution in [-0.2, 0) is 12.1 Å². The van der Waals surface area contributed by atoms with Crippen molar-refractivity contribution >= 4 is 34.1 Å². The molecule has 0 radical (unpaired) electrons. The van der Waals surface area contributed by atoms with Gasteiger partial charge in [-0.3, -0.25) is 9.48 Å². The number of nitrogens with zero attached hydrogens (tertiary/aromatic N) is 4. The van der Waals surface area contributed by atoms with Crippen LogP contribution in [0.15, 0.2) is 29.2 Å². The van der Waals surface area contributed by atoms with Crippen LogP contribution < -0.4 is 5.56 Å². The van der Waals surface area contributed by atoms with E-state index in [9.17, 15) is 4.79 Å². The van der Waals surface area contributed by atoms with E-state index in [2.05, 4.69) is 24.0 Å². The number of benzene rings is 1. The van der Waals surface area contributed by atoms with Gasteiger partial charge in [-0.05, 0) is 44.4 Å². The van der Waals surface area contributed by atoms with Crippen molar-refractivity contribution in [3.63, 3.8) is 0 Å². The minimum Gasteiger partial charge on any atom is -0.265 e. The summed E-state index contributed by atoms with van der Waals surface area (Å²) in [5.41, 5.74) is 1.72. The molecule has 2 heterocycles. The summed E-state index contributed by atoms with van der Waals surface area (Å²) >= 11 is 12.3. The van der Waals surface area contributed by atoms with Crippen LogP contribution in [0, 0.1) is 0 Å². The molecule has 7 heteroatoms. The van der Waals surface area contributed by atoms with Crippen molar-refractivity contribution in [2.75, 3.05) is 0 Å². The molecule has 0 saturated heterocycles. The van der Waals surface area contributed by atoms with Crippen LogP contribution in [0.5, 0.6) is 0 Å². The maximum atomic E-state index is 13.2. The minimum absolute atomic E-state index is 0.155. The van der Waals surface area contributed by atoms with Gasteiger partial charge in [0, 0.05) is 15.4 Å². The highest BCUT2D eigenvalue weighted by Crippen LogP contribution is 2.26. The number of hydrogen-bond donors (Lipinski definition) is 0. The van der Waals surface area contributed by atoms with E-state index >= 15 is 0 Å². The SMILES string of the molecule is CC(C)c1nn(Cc2ccc(Cl)cc2Cl)c(=O)c2c1cnn2C(C)(C)C. The highest BCUT2D eigenvalue weighted by Gasteiger charge is 2.23. The summed E-state index contributed by atoms with van der Waals surface area (Å²) < 4.78 is 3.24. The quantitative estimate of drug-likeness (QED) is 0.641. The van der Waals surface area contributed by atoms with E-state index in [4.69, 9.17) is 23.2 Å². The summed E-state index contributed by atoms with van der Waals surface area (Å²) in [5.74, 6) is 0.155. The predicted molar refractivity (Wildman–Crippen MR) is 106 cm³/mol. The van der Waals surface area contributed by atoms with E-state index in [1.165, 1.54) is 4.68 Å². The van der Waals surface area contributed by atoms with Gasteiger partial charge in [-0.25, -0.2) is 4.68 Å². The van der Waals surface area contributed by atoms with Crippen molar-refractivity contribution in [2.24, 2.45) is 0 Å². The molecule has 0 N–H and O–H groups in total. The third-order valence-electron chi connectivity index (χ3n) is 4.23. The first-order valence-corrected chi connectivity index (χ1v) is 9.28. The first-order chi connectivity index (χ1) is 12.1. The van der Waals surface area contributed by atoms with E-state index < -0.39 is 0 Å². The second-order valence-corrected chi connectivity index (χ2v) is 8.57. The molecule has 3 rings (SSSR count). The van der Waals surface area contributed by atoms with Gasteiger partial charge in [0.1, 0.15) is 5.52 Å². The monoisotopic (exact) mass is 392 g/mol. The van der Waals surface area contributed by atoms with Crippen molar-refractivity contribution in [1.29, 1.82) is 0 Å². The Bertz CT molecular complexity index is 1030. The summed E-state index contributed by atoms with van der Waals surface area (Å²) in [4.78, 5) is 13.2. The van der Waals surface area contributed by atoms with Crippen molar-refractivity contribution in [1.82, 2.24) is 19.6 Å². The van der Waals surface area contributed by atoms with Gasteiger partial charge in [-0.1, -0.05) is 43.1 Å². The molecule has 2 aromatic heterocycles. The zero-order valence-electron chi connectivity index (χ0n) is 15.5. The standard InChI is InChI=1S/C19H22Cl2N4O/c1-11(2)16-14-9-22-25(19(3,4)5)17(14)18(26)24(23-16)10-12-6-7-13(20)8-15(12)21/h6-9,11H,10H2,1-5H3. The Kier molecular flexibility index (Phi) is 4.88. The second kappa shape index (κ2) is 6.71. The number of fused-ring (bicyclic) bond motifs is 1. The third-order valence-corrected chi connectivity index (χ3v) is 4.82. The summed E-state index contributed by atoms with van der Waals surface area (Å²) in [7, 11) is 0. The molecule has 26 heavy (non-hydrogen) atoms. The maximum Gasteiger partial charge on any atom is 0.293 e. The molecule has 0 aliphatic heterocycles. The van der Waals surface area contributed by atoms with Crippen LogP contribution in [0.2, 0.25) is 10.0 Å². The van der Waals surface area contributed by atoms with Gasteiger partial charge in [0.2, 0.25) is 0 Å². The van der Waals surface area contributed by atoms with Gasteiger partial charge in [0.15, 0.2) is 0 Å². The first-order valence-electron chi connectivity index (χ1n) is 8.52. The Morgan fingerprint density at radius 3 is 2.46 bits per heavy atom. The third kappa shape index (κ3) is 3.38. The lowest BCUT2D eigenvalue weighted by Crippen LogP contribution is -2.31. The van der Waals surface area contributed by atoms with E-state index in [-0.39, 0.29) is 23.6 Å². The lowest BCUT2D eigenvalue weighted by Gasteiger charge is -2.21. The number of aromatic nitrogens is 4. The fourth-order valence-corrected chi connectivity index (χ4v) is 3.42. The molecule has 0 unspecified atom stereocenters. The zero-order valence-corrected chi connectivity index (χ0v) is 17.1. The van der Waals surface area contributed by atoms with Crippen molar-refractivity contribution in [2.45, 2.75) is 52.6 Å². The van der Waals surface area contributed by atoms with Crippen LogP contribution in [0.4, 0.5) is 0 Å². The van der Waals surface area contributed by atoms with E-state index in [0.717, 1.165) is 16.6 Å². The minimum atomic E-state index is -0.313. The van der Waals surface area contributed by atoms with Gasteiger partial charge in [-0.15, -0.1) is 0 Å². The molecule has 0 amide bonds. The van der Waals surface area contributed by atoms with E-state index in [0.29, 0.717) is 15.6 Å². The molecule has 0 fully saturated rings. The molecule has 0 aliphatic rings. The zero-order chi connectivity index (χ0) is 19.2. The Hall–Kier alpha value is -1.85. The molecule has 0 saturated carbocycles. The van der Waals surface area contributed by atoms with Crippen molar-refractivity contribution in [3.8, 4) is 0 Å². The lowest BCUT2D eigenvalue weighted by molar-refractivity contribution is 0.366. The molecule has 5 nitrogen and oxygen atoms in total. The largest absolute Gasteiger partial charge is 0.293 e. The Morgan fingerprint density at radius 1 is 1.19 bits per heavy atom. The molecule has 138 valence electrons. The topological polar surface area (TPSA) is 52.7 Å². The first kappa shape index (κ1) is 18.9. The molecule has 0 spiro atoms. The van der Waals surface area contributed by atoms with Gasteiger partial charge >= 0.3 is 0 Å². The lowest BCUT2D eigenvalue weighted by atomic mass is 10.1. The van der Waals surface area contributed by atoms with Gasteiger partial charge in [-0.2, -0.15) is 10.2 Å². The Labute approximate surface area is 162 Å². The van der Waals surface area contributed by atoms with Crippen molar-refractivity contribution < 1.29 is 0 Å². The number of rotatable bonds is 3. The molecule has 0 aliphatic carbocycles.